The zero-order valence-corrected chi connectivity index (χ0v) is 12.2. The van der Waals surface area contributed by atoms with Crippen LogP contribution >= 0.6 is 22.7 Å². The van der Waals surface area contributed by atoms with Crippen LogP contribution in [0.25, 0.3) is 0 Å². The smallest absolute Gasteiger partial charge is 0.305 e. The van der Waals surface area contributed by atoms with E-state index >= 15 is 0 Å². The molecule has 19 heavy (non-hydrogen) atoms. The van der Waals surface area contributed by atoms with Gasteiger partial charge >= 0.3 is 5.97 Å². The van der Waals surface area contributed by atoms with Gasteiger partial charge in [0.25, 0.3) is 0 Å². The molecular weight excluding hydrogens is 282 g/mol. The molecule has 0 atom stereocenters. The van der Waals surface area contributed by atoms with Gasteiger partial charge in [-0.1, -0.05) is 0 Å². The Hall–Kier alpha value is -1.47. The van der Waals surface area contributed by atoms with Crippen LogP contribution in [-0.2, 0) is 22.4 Å². The third kappa shape index (κ3) is 4.60. The van der Waals surface area contributed by atoms with E-state index in [1.165, 1.54) is 7.11 Å². The van der Waals surface area contributed by atoms with Gasteiger partial charge in [-0.25, -0.2) is 9.97 Å². The summed E-state index contributed by atoms with van der Waals surface area (Å²) in [6.45, 7) is 0.817. The molecule has 0 radical (unpaired) electrons. The Bertz CT molecular complexity index is 511. The first-order valence-electron chi connectivity index (χ1n) is 5.91. The molecule has 0 aliphatic heterocycles. The van der Waals surface area contributed by atoms with Crippen molar-refractivity contribution in [1.82, 2.24) is 9.97 Å². The summed E-state index contributed by atoms with van der Waals surface area (Å²) < 4.78 is 4.60. The Kier molecular flexibility index (Phi) is 5.29. The Morgan fingerprint density at radius 3 is 3.05 bits per heavy atom. The minimum absolute atomic E-state index is 0.203. The van der Waals surface area contributed by atoms with Gasteiger partial charge in [-0.2, -0.15) is 0 Å². The maximum atomic E-state index is 11.0. The second-order valence-electron chi connectivity index (χ2n) is 3.82. The number of anilines is 1. The Morgan fingerprint density at radius 1 is 1.42 bits per heavy atom. The van der Waals surface area contributed by atoms with Crippen LogP contribution in [-0.4, -0.2) is 29.6 Å². The summed E-state index contributed by atoms with van der Waals surface area (Å²) in [6, 6.07) is 0. The number of nitrogens with one attached hydrogen (secondary N) is 1. The van der Waals surface area contributed by atoms with Crippen molar-refractivity contribution in [2.75, 3.05) is 19.0 Å². The first-order valence-corrected chi connectivity index (χ1v) is 7.67. The topological polar surface area (TPSA) is 64.1 Å². The number of carbonyl (C=O) groups is 1. The van der Waals surface area contributed by atoms with Crippen LogP contribution in [0.4, 0.5) is 5.13 Å². The van der Waals surface area contributed by atoms with Crippen LogP contribution in [0.1, 0.15) is 17.1 Å². The third-order valence-corrected chi connectivity index (χ3v) is 4.15. The number of carbonyl (C=O) groups excluding carboxylic acids is 1. The van der Waals surface area contributed by atoms with Crippen molar-refractivity contribution in [3.8, 4) is 0 Å². The SMILES string of the molecule is COC(=O)CCc1csc(NCCc2nccs2)n1. The first-order chi connectivity index (χ1) is 9.28. The van der Waals surface area contributed by atoms with E-state index in [0.29, 0.717) is 12.8 Å². The lowest BCUT2D eigenvalue weighted by atomic mass is 10.2. The van der Waals surface area contributed by atoms with E-state index < -0.39 is 0 Å². The van der Waals surface area contributed by atoms with E-state index in [9.17, 15) is 4.79 Å². The summed E-state index contributed by atoms with van der Waals surface area (Å²) in [5.74, 6) is -0.203. The lowest BCUT2D eigenvalue weighted by Gasteiger charge is -1.99. The molecule has 0 aliphatic rings. The molecule has 2 rings (SSSR count). The number of hydrogen-bond acceptors (Lipinski definition) is 7. The van der Waals surface area contributed by atoms with Gasteiger partial charge in [-0.15, -0.1) is 22.7 Å². The van der Waals surface area contributed by atoms with Crippen molar-refractivity contribution in [2.45, 2.75) is 19.3 Å². The van der Waals surface area contributed by atoms with Crippen molar-refractivity contribution >= 4 is 33.8 Å². The van der Waals surface area contributed by atoms with Gasteiger partial charge in [0.1, 0.15) is 0 Å². The number of aryl methyl sites for hydroxylation is 1. The number of methoxy groups -OCH3 is 1. The number of hydrogen-bond donors (Lipinski definition) is 1. The van der Waals surface area contributed by atoms with E-state index in [2.05, 4.69) is 20.0 Å². The minimum Gasteiger partial charge on any atom is -0.469 e. The summed E-state index contributed by atoms with van der Waals surface area (Å²) in [6.07, 6.45) is 3.71. The molecule has 0 saturated heterocycles. The van der Waals surface area contributed by atoms with Crippen LogP contribution in [0.2, 0.25) is 0 Å². The molecule has 0 fully saturated rings. The number of rotatable bonds is 7. The molecule has 2 aromatic heterocycles. The maximum Gasteiger partial charge on any atom is 0.305 e. The van der Waals surface area contributed by atoms with E-state index in [1.807, 2.05) is 17.0 Å². The molecule has 2 heterocycles. The number of nitrogens with zero attached hydrogens (tertiary/aromatic N) is 2. The summed E-state index contributed by atoms with van der Waals surface area (Å²) in [7, 11) is 1.40. The van der Waals surface area contributed by atoms with Crippen molar-refractivity contribution in [3.05, 3.63) is 27.7 Å². The highest BCUT2D eigenvalue weighted by Gasteiger charge is 2.05. The molecular formula is C12H15N3O2S2. The van der Waals surface area contributed by atoms with Gasteiger partial charge in [0, 0.05) is 36.3 Å². The number of aromatic nitrogens is 2. The minimum atomic E-state index is -0.203. The standard InChI is InChI=1S/C12H15N3O2S2/c1-17-11(16)3-2-9-8-19-12(15-9)14-5-4-10-13-6-7-18-10/h6-8H,2-5H2,1H3,(H,14,15). The summed E-state index contributed by atoms with van der Waals surface area (Å²) >= 11 is 3.21. The quantitative estimate of drug-likeness (QED) is 0.795. The molecule has 0 saturated carbocycles. The Balaban J connectivity index is 1.73. The highest BCUT2D eigenvalue weighted by Crippen LogP contribution is 2.17. The van der Waals surface area contributed by atoms with E-state index in [4.69, 9.17) is 0 Å². The van der Waals surface area contributed by atoms with Gasteiger partial charge < -0.3 is 10.1 Å². The molecule has 0 spiro atoms. The predicted octanol–water partition coefficient (Wildman–Crippen LogP) is 2.36. The second kappa shape index (κ2) is 7.20. The fourth-order valence-corrected chi connectivity index (χ4v) is 2.88. The molecule has 0 bridgehead atoms. The third-order valence-electron chi connectivity index (χ3n) is 2.46. The predicted molar refractivity (Wildman–Crippen MR) is 76.8 cm³/mol. The molecule has 0 aliphatic carbocycles. The molecule has 0 amide bonds. The lowest BCUT2D eigenvalue weighted by Crippen LogP contribution is -2.05. The first kappa shape index (κ1) is 14.0. The van der Waals surface area contributed by atoms with Gasteiger partial charge in [0.15, 0.2) is 5.13 Å². The van der Waals surface area contributed by atoms with Gasteiger partial charge in [-0.05, 0) is 0 Å². The average Bonchev–Trinajstić information content (AvgIpc) is 3.07. The van der Waals surface area contributed by atoms with Crippen LogP contribution in [0, 0.1) is 0 Å². The highest BCUT2D eigenvalue weighted by molar-refractivity contribution is 7.13. The highest BCUT2D eigenvalue weighted by atomic mass is 32.1. The van der Waals surface area contributed by atoms with Crippen LogP contribution in [0.3, 0.4) is 0 Å². The van der Waals surface area contributed by atoms with E-state index in [0.717, 1.165) is 28.8 Å². The number of esters is 1. The Morgan fingerprint density at radius 2 is 2.32 bits per heavy atom. The molecule has 0 unspecified atom stereocenters. The molecule has 102 valence electrons. The maximum absolute atomic E-state index is 11.0. The van der Waals surface area contributed by atoms with E-state index in [-0.39, 0.29) is 5.97 Å². The van der Waals surface area contributed by atoms with Crippen molar-refractivity contribution in [3.63, 3.8) is 0 Å². The number of ether oxygens (including phenoxy) is 1. The van der Waals surface area contributed by atoms with Crippen LogP contribution < -0.4 is 5.32 Å². The van der Waals surface area contributed by atoms with E-state index in [1.54, 1.807) is 22.7 Å². The van der Waals surface area contributed by atoms with Crippen molar-refractivity contribution in [2.24, 2.45) is 0 Å². The molecule has 1 N–H and O–H groups in total. The van der Waals surface area contributed by atoms with Gasteiger partial charge in [0.2, 0.25) is 0 Å². The summed E-state index contributed by atoms with van der Waals surface area (Å²) in [4.78, 5) is 19.7. The van der Waals surface area contributed by atoms with Gasteiger partial charge in [0.05, 0.1) is 24.2 Å². The average molecular weight is 297 g/mol. The van der Waals surface area contributed by atoms with Crippen molar-refractivity contribution in [1.29, 1.82) is 0 Å². The molecule has 5 nitrogen and oxygen atoms in total. The van der Waals surface area contributed by atoms with Gasteiger partial charge in [-0.3, -0.25) is 4.79 Å². The fraction of sp³-hybridized carbons (Fsp3) is 0.417. The summed E-state index contributed by atoms with van der Waals surface area (Å²) in [5.41, 5.74) is 0.923. The fourth-order valence-electron chi connectivity index (χ4n) is 1.49. The number of thiazole rings is 2. The Labute approximate surface area is 119 Å². The zero-order valence-electron chi connectivity index (χ0n) is 10.6. The largest absolute Gasteiger partial charge is 0.469 e. The lowest BCUT2D eigenvalue weighted by molar-refractivity contribution is -0.140. The van der Waals surface area contributed by atoms with Crippen LogP contribution in [0.5, 0.6) is 0 Å². The molecule has 7 heteroatoms. The monoisotopic (exact) mass is 297 g/mol. The van der Waals surface area contributed by atoms with Crippen LogP contribution in [0.15, 0.2) is 17.0 Å². The zero-order chi connectivity index (χ0) is 13.5. The molecule has 0 aromatic carbocycles. The molecule has 2 aromatic rings. The second-order valence-corrected chi connectivity index (χ2v) is 5.66. The summed E-state index contributed by atoms with van der Waals surface area (Å²) in [5, 5.41) is 9.21. The normalized spacial score (nSPS) is 10.4. The van der Waals surface area contributed by atoms with Crippen molar-refractivity contribution < 1.29 is 9.53 Å².